The van der Waals surface area contributed by atoms with E-state index in [1.807, 2.05) is 19.1 Å². The second-order valence-corrected chi connectivity index (χ2v) is 5.51. The topological polar surface area (TPSA) is 38.7 Å². The molecular weight excluding hydrogens is 294 g/mol. The van der Waals surface area contributed by atoms with Crippen molar-refractivity contribution in [3.05, 3.63) is 27.7 Å². The van der Waals surface area contributed by atoms with Gasteiger partial charge in [-0.2, -0.15) is 4.99 Å². The number of methoxy groups -OCH3 is 1. The monoisotopic (exact) mass is 309 g/mol. The molecule has 0 bridgehead atoms. The lowest BCUT2D eigenvalue weighted by Gasteiger charge is -2.26. The molecule has 1 aromatic rings. The number of hydrogen-bond donors (Lipinski definition) is 0. The van der Waals surface area contributed by atoms with Crippen LogP contribution in [0.5, 0.6) is 5.75 Å². The van der Waals surface area contributed by atoms with Crippen LogP contribution in [0.25, 0.3) is 0 Å². The van der Waals surface area contributed by atoms with Crippen LogP contribution in [0.3, 0.4) is 0 Å². The minimum Gasteiger partial charge on any atom is -0.495 e. The molecule has 2 rings (SSSR count). The highest BCUT2D eigenvalue weighted by molar-refractivity contribution is 9.10. The van der Waals surface area contributed by atoms with E-state index in [1.54, 1.807) is 13.2 Å². The van der Waals surface area contributed by atoms with Crippen LogP contribution in [0.2, 0.25) is 0 Å². The number of nitrogens with zero attached hydrogens (tertiary/aromatic N) is 1. The van der Waals surface area contributed by atoms with Crippen molar-refractivity contribution in [3.8, 4) is 5.75 Å². The summed E-state index contributed by atoms with van der Waals surface area (Å²) in [5.74, 6) is 0.788. The van der Waals surface area contributed by atoms with Crippen molar-refractivity contribution in [3.63, 3.8) is 0 Å². The lowest BCUT2D eigenvalue weighted by atomic mass is 9.87. The van der Waals surface area contributed by atoms with Crippen LogP contribution >= 0.6 is 15.9 Å². The third-order valence-electron chi connectivity index (χ3n) is 3.69. The van der Waals surface area contributed by atoms with Crippen molar-refractivity contribution in [2.75, 3.05) is 7.11 Å². The summed E-state index contributed by atoms with van der Waals surface area (Å²) in [5, 5.41) is 0. The maximum Gasteiger partial charge on any atom is 0.235 e. The van der Waals surface area contributed by atoms with E-state index in [4.69, 9.17) is 4.74 Å². The van der Waals surface area contributed by atoms with Crippen molar-refractivity contribution >= 4 is 22.0 Å². The number of aryl methyl sites for hydroxylation is 1. The van der Waals surface area contributed by atoms with E-state index in [0.29, 0.717) is 0 Å². The number of isocyanates is 1. The largest absolute Gasteiger partial charge is 0.495 e. The second kappa shape index (κ2) is 5.25. The van der Waals surface area contributed by atoms with E-state index in [9.17, 15) is 4.79 Å². The Balaban J connectivity index is 2.62. The van der Waals surface area contributed by atoms with Gasteiger partial charge in [0.2, 0.25) is 6.08 Å². The van der Waals surface area contributed by atoms with Gasteiger partial charge in [0, 0.05) is 5.56 Å². The summed E-state index contributed by atoms with van der Waals surface area (Å²) in [5.41, 5.74) is 1.66. The van der Waals surface area contributed by atoms with Crippen molar-refractivity contribution in [1.29, 1.82) is 0 Å². The summed E-state index contributed by atoms with van der Waals surface area (Å²) in [6.07, 6.45) is 5.67. The maximum absolute atomic E-state index is 10.7. The molecule has 0 atom stereocenters. The third-order valence-corrected chi connectivity index (χ3v) is 4.67. The molecule has 0 N–H and O–H groups in total. The van der Waals surface area contributed by atoms with Crippen LogP contribution in [0.15, 0.2) is 21.6 Å². The molecule has 1 aromatic carbocycles. The van der Waals surface area contributed by atoms with Gasteiger partial charge in [-0.1, -0.05) is 25.0 Å². The fourth-order valence-corrected chi connectivity index (χ4v) is 3.22. The van der Waals surface area contributed by atoms with Crippen LogP contribution in [0.4, 0.5) is 0 Å². The van der Waals surface area contributed by atoms with Gasteiger partial charge in [0.15, 0.2) is 0 Å². The van der Waals surface area contributed by atoms with Crippen molar-refractivity contribution in [2.24, 2.45) is 4.99 Å². The summed E-state index contributed by atoms with van der Waals surface area (Å²) < 4.78 is 6.44. The van der Waals surface area contributed by atoms with Gasteiger partial charge in [-0.3, -0.25) is 0 Å². The zero-order valence-electron chi connectivity index (χ0n) is 10.6. The number of rotatable bonds is 3. The first-order chi connectivity index (χ1) is 8.64. The van der Waals surface area contributed by atoms with Crippen LogP contribution in [0, 0.1) is 6.92 Å². The minimum atomic E-state index is -0.441. The molecule has 0 saturated heterocycles. The molecule has 0 amide bonds. The number of ether oxygens (including phenoxy) is 1. The Morgan fingerprint density at radius 1 is 1.39 bits per heavy atom. The van der Waals surface area contributed by atoms with Crippen LogP contribution in [-0.2, 0) is 10.3 Å². The van der Waals surface area contributed by atoms with E-state index in [1.165, 1.54) is 0 Å². The zero-order chi connectivity index (χ0) is 13.2. The maximum atomic E-state index is 10.7. The average molecular weight is 310 g/mol. The highest BCUT2D eigenvalue weighted by Gasteiger charge is 2.38. The molecule has 0 unspecified atom stereocenters. The number of aliphatic imine (C=N–C) groups is 1. The van der Waals surface area contributed by atoms with Gasteiger partial charge in [-0.15, -0.1) is 0 Å². The third kappa shape index (κ3) is 2.11. The molecule has 1 aliphatic carbocycles. The number of halogens is 1. The summed E-state index contributed by atoms with van der Waals surface area (Å²) in [7, 11) is 1.65. The number of carbonyl (C=O) groups excluding carboxylic acids is 1. The van der Waals surface area contributed by atoms with Gasteiger partial charge in [-0.25, -0.2) is 4.79 Å². The molecule has 4 heteroatoms. The Labute approximate surface area is 115 Å². The van der Waals surface area contributed by atoms with Crippen LogP contribution in [0.1, 0.15) is 36.8 Å². The second-order valence-electron chi connectivity index (χ2n) is 4.72. The van der Waals surface area contributed by atoms with Crippen molar-refractivity contribution in [1.82, 2.24) is 0 Å². The highest BCUT2D eigenvalue weighted by atomic mass is 79.9. The van der Waals surface area contributed by atoms with E-state index >= 15 is 0 Å². The SMILES string of the molecule is COc1c(C2(N=C=O)CCCC2)ccc(C)c1Br. The molecule has 0 heterocycles. The molecule has 0 radical (unpaired) electrons. The molecule has 1 fully saturated rings. The zero-order valence-corrected chi connectivity index (χ0v) is 12.2. The standard InChI is InChI=1S/C14H16BrNO2/c1-10-5-6-11(13(18-2)12(10)15)14(16-9-17)7-3-4-8-14/h5-6H,3-4,7-8H2,1-2H3. The molecule has 18 heavy (non-hydrogen) atoms. The predicted molar refractivity (Wildman–Crippen MR) is 73.7 cm³/mol. The van der Waals surface area contributed by atoms with E-state index in [2.05, 4.69) is 20.9 Å². The van der Waals surface area contributed by atoms with Gasteiger partial charge in [-0.05, 0) is 41.3 Å². The quantitative estimate of drug-likeness (QED) is 0.628. The molecule has 0 aliphatic heterocycles. The first-order valence-electron chi connectivity index (χ1n) is 6.07. The van der Waals surface area contributed by atoms with Crippen molar-refractivity contribution in [2.45, 2.75) is 38.1 Å². The van der Waals surface area contributed by atoms with E-state index < -0.39 is 5.54 Å². The number of benzene rings is 1. The molecular formula is C14H16BrNO2. The molecule has 1 saturated carbocycles. The fraction of sp³-hybridized carbons (Fsp3) is 0.500. The smallest absolute Gasteiger partial charge is 0.235 e. The van der Waals surface area contributed by atoms with Crippen LogP contribution < -0.4 is 4.74 Å². The molecule has 1 aliphatic rings. The first kappa shape index (κ1) is 13.3. The first-order valence-corrected chi connectivity index (χ1v) is 6.86. The van der Waals surface area contributed by atoms with E-state index in [-0.39, 0.29) is 0 Å². The van der Waals surface area contributed by atoms with Gasteiger partial charge in [0.05, 0.1) is 11.6 Å². The van der Waals surface area contributed by atoms with Gasteiger partial charge < -0.3 is 4.74 Å². The Kier molecular flexibility index (Phi) is 3.88. The Bertz CT molecular complexity index is 501. The summed E-state index contributed by atoms with van der Waals surface area (Å²) in [6, 6.07) is 4.05. The molecule has 3 nitrogen and oxygen atoms in total. The minimum absolute atomic E-state index is 0.441. The molecule has 96 valence electrons. The van der Waals surface area contributed by atoms with Gasteiger partial charge in [0.25, 0.3) is 0 Å². The normalized spacial score (nSPS) is 17.3. The fourth-order valence-electron chi connectivity index (χ4n) is 2.71. The Morgan fingerprint density at radius 3 is 2.61 bits per heavy atom. The summed E-state index contributed by atoms with van der Waals surface area (Å²) in [4.78, 5) is 14.8. The Morgan fingerprint density at radius 2 is 2.06 bits per heavy atom. The predicted octanol–water partition coefficient (Wildman–Crippen LogP) is 3.87. The summed E-state index contributed by atoms with van der Waals surface area (Å²) >= 11 is 3.55. The summed E-state index contributed by atoms with van der Waals surface area (Å²) in [6.45, 7) is 2.01. The lowest BCUT2D eigenvalue weighted by molar-refractivity contribution is 0.377. The lowest BCUT2D eigenvalue weighted by Crippen LogP contribution is -2.20. The Hall–Kier alpha value is -1.12. The highest BCUT2D eigenvalue weighted by Crippen LogP contribution is 2.48. The van der Waals surface area contributed by atoms with Gasteiger partial charge in [0.1, 0.15) is 11.3 Å². The number of hydrogen-bond acceptors (Lipinski definition) is 3. The molecule has 0 aromatic heterocycles. The molecule has 0 spiro atoms. The van der Waals surface area contributed by atoms with Crippen molar-refractivity contribution < 1.29 is 9.53 Å². The average Bonchev–Trinajstić information content (AvgIpc) is 2.82. The van der Waals surface area contributed by atoms with E-state index in [0.717, 1.165) is 47.0 Å². The van der Waals surface area contributed by atoms with Gasteiger partial charge >= 0.3 is 0 Å². The van der Waals surface area contributed by atoms with Crippen LogP contribution in [-0.4, -0.2) is 13.2 Å².